The Morgan fingerprint density at radius 3 is 2.64 bits per heavy atom. The van der Waals surface area contributed by atoms with E-state index in [2.05, 4.69) is 15.4 Å². The minimum absolute atomic E-state index is 0.124. The Labute approximate surface area is 143 Å². The van der Waals surface area contributed by atoms with Crippen molar-refractivity contribution in [1.29, 1.82) is 0 Å². The Morgan fingerprint density at radius 2 is 1.96 bits per heavy atom. The van der Waals surface area contributed by atoms with E-state index in [9.17, 15) is 9.59 Å². The van der Waals surface area contributed by atoms with Gasteiger partial charge >= 0.3 is 5.69 Å². The van der Waals surface area contributed by atoms with E-state index in [-0.39, 0.29) is 24.2 Å². The number of benzene rings is 1. The van der Waals surface area contributed by atoms with Gasteiger partial charge in [-0.3, -0.25) is 14.3 Å². The molecule has 0 saturated heterocycles. The summed E-state index contributed by atoms with van der Waals surface area (Å²) in [6, 6.07) is 13.0. The number of amides is 1. The third-order valence-corrected chi connectivity index (χ3v) is 4.05. The zero-order valence-electron chi connectivity index (χ0n) is 13.5. The van der Waals surface area contributed by atoms with Crippen LogP contribution in [0.1, 0.15) is 18.9 Å². The van der Waals surface area contributed by atoms with Gasteiger partial charge in [-0.05, 0) is 37.1 Å². The molecule has 0 atom stereocenters. The molecule has 4 rings (SSSR count). The number of rotatable bonds is 5. The number of carbonyl (C=O) groups is 1. The summed E-state index contributed by atoms with van der Waals surface area (Å²) >= 11 is 0. The quantitative estimate of drug-likeness (QED) is 0.774. The Hall–Kier alpha value is -3.22. The molecule has 126 valence electrons. The number of hydrogen-bond acceptors (Lipinski definition) is 4. The van der Waals surface area contributed by atoms with Crippen LogP contribution in [0.25, 0.3) is 11.4 Å². The summed E-state index contributed by atoms with van der Waals surface area (Å²) in [6.45, 7) is -0.124. The molecule has 1 N–H and O–H groups in total. The molecule has 1 amide bonds. The lowest BCUT2D eigenvalue weighted by Gasteiger charge is -2.04. The summed E-state index contributed by atoms with van der Waals surface area (Å²) in [5.41, 5.74) is 1.20. The number of nitrogens with zero attached hydrogens (tertiary/aromatic N) is 4. The Morgan fingerprint density at radius 1 is 1.16 bits per heavy atom. The van der Waals surface area contributed by atoms with Crippen LogP contribution in [-0.2, 0) is 11.3 Å². The van der Waals surface area contributed by atoms with Crippen LogP contribution in [0.2, 0.25) is 0 Å². The van der Waals surface area contributed by atoms with Gasteiger partial charge in [-0.15, -0.1) is 5.10 Å². The number of para-hydroxylation sites is 1. The normalized spacial score (nSPS) is 13.6. The highest BCUT2D eigenvalue weighted by Crippen LogP contribution is 2.36. The minimum atomic E-state index is -0.286. The maximum atomic E-state index is 12.7. The second-order valence-electron chi connectivity index (χ2n) is 6.02. The smallest absolute Gasteiger partial charge is 0.324 e. The van der Waals surface area contributed by atoms with E-state index in [0.29, 0.717) is 11.5 Å². The summed E-state index contributed by atoms with van der Waals surface area (Å²) in [6.07, 6.45) is 5.26. The summed E-state index contributed by atoms with van der Waals surface area (Å²) in [5, 5.41) is 7.16. The fourth-order valence-corrected chi connectivity index (χ4v) is 2.73. The van der Waals surface area contributed by atoms with E-state index >= 15 is 0 Å². The summed E-state index contributed by atoms with van der Waals surface area (Å²) in [5.74, 6) is 0.277. The van der Waals surface area contributed by atoms with Gasteiger partial charge in [0, 0.05) is 29.7 Å². The predicted molar refractivity (Wildman–Crippen MR) is 93.1 cm³/mol. The van der Waals surface area contributed by atoms with Crippen molar-refractivity contribution in [1.82, 2.24) is 19.3 Å². The number of nitrogens with one attached hydrogen (secondary N) is 1. The highest BCUT2D eigenvalue weighted by atomic mass is 16.2. The standard InChI is InChI=1S/C18H17N5O2/c24-16(20-14-6-2-1-3-7-14)12-22-18(25)23(15-8-9-15)17(21-22)13-5-4-10-19-11-13/h1-7,10-11,15H,8-9,12H2,(H,20,24). The van der Waals surface area contributed by atoms with Crippen LogP contribution in [0.4, 0.5) is 5.69 Å². The molecule has 0 aliphatic heterocycles. The minimum Gasteiger partial charge on any atom is -0.324 e. The average molecular weight is 335 g/mol. The van der Waals surface area contributed by atoms with Crippen LogP contribution in [0.15, 0.2) is 59.7 Å². The number of carbonyl (C=O) groups excluding carboxylic acids is 1. The molecular formula is C18H17N5O2. The molecule has 3 aromatic rings. The molecule has 7 heteroatoms. The van der Waals surface area contributed by atoms with Gasteiger partial charge in [0.2, 0.25) is 5.91 Å². The molecular weight excluding hydrogens is 318 g/mol. The Bertz CT molecular complexity index is 943. The van der Waals surface area contributed by atoms with Crippen LogP contribution in [0.5, 0.6) is 0 Å². The van der Waals surface area contributed by atoms with Crippen molar-refractivity contribution in [3.05, 3.63) is 65.3 Å². The molecule has 1 aliphatic rings. The third kappa shape index (κ3) is 3.21. The van der Waals surface area contributed by atoms with Gasteiger partial charge in [0.25, 0.3) is 0 Å². The van der Waals surface area contributed by atoms with Crippen LogP contribution >= 0.6 is 0 Å². The van der Waals surface area contributed by atoms with Gasteiger partial charge in [0.1, 0.15) is 6.54 Å². The van der Waals surface area contributed by atoms with Gasteiger partial charge in [-0.2, -0.15) is 0 Å². The van der Waals surface area contributed by atoms with Gasteiger partial charge in [0.05, 0.1) is 0 Å². The lowest BCUT2D eigenvalue weighted by molar-refractivity contribution is -0.117. The fraction of sp³-hybridized carbons (Fsp3) is 0.222. The zero-order valence-corrected chi connectivity index (χ0v) is 13.5. The van der Waals surface area contributed by atoms with Gasteiger partial charge < -0.3 is 5.32 Å². The lowest BCUT2D eigenvalue weighted by atomic mass is 10.3. The van der Waals surface area contributed by atoms with Crippen LogP contribution < -0.4 is 11.0 Å². The number of pyridine rings is 1. The molecule has 7 nitrogen and oxygen atoms in total. The average Bonchev–Trinajstić information content (AvgIpc) is 3.42. The SMILES string of the molecule is O=C(Cn1nc(-c2cccnc2)n(C2CC2)c1=O)Nc1ccccc1. The molecule has 1 saturated carbocycles. The van der Waals surface area contributed by atoms with Gasteiger partial charge in [-0.25, -0.2) is 9.48 Å². The topological polar surface area (TPSA) is 81.8 Å². The van der Waals surface area contributed by atoms with Crippen LogP contribution in [0, 0.1) is 0 Å². The first kappa shape index (κ1) is 15.3. The van der Waals surface area contributed by atoms with E-state index < -0.39 is 0 Å². The second-order valence-corrected chi connectivity index (χ2v) is 6.02. The van der Waals surface area contributed by atoms with Crippen molar-refractivity contribution in [2.45, 2.75) is 25.4 Å². The first-order valence-electron chi connectivity index (χ1n) is 8.17. The van der Waals surface area contributed by atoms with Crippen LogP contribution in [-0.4, -0.2) is 25.2 Å². The molecule has 1 aliphatic carbocycles. The lowest BCUT2D eigenvalue weighted by Crippen LogP contribution is -2.30. The maximum Gasteiger partial charge on any atom is 0.346 e. The van der Waals surface area contributed by atoms with Gasteiger partial charge in [-0.1, -0.05) is 18.2 Å². The predicted octanol–water partition coefficient (Wildman–Crippen LogP) is 2.08. The van der Waals surface area contributed by atoms with Crippen molar-refractivity contribution in [3.8, 4) is 11.4 Å². The Balaban J connectivity index is 1.62. The Kier molecular flexibility index (Phi) is 3.89. The summed E-state index contributed by atoms with van der Waals surface area (Å²) in [4.78, 5) is 29.0. The third-order valence-electron chi connectivity index (χ3n) is 4.05. The molecule has 25 heavy (non-hydrogen) atoms. The maximum absolute atomic E-state index is 12.7. The summed E-state index contributed by atoms with van der Waals surface area (Å²) < 4.78 is 2.89. The molecule has 2 heterocycles. The molecule has 2 aromatic heterocycles. The highest BCUT2D eigenvalue weighted by molar-refractivity contribution is 5.90. The first-order valence-corrected chi connectivity index (χ1v) is 8.17. The molecule has 1 aromatic carbocycles. The molecule has 0 spiro atoms. The van der Waals surface area contributed by atoms with E-state index in [0.717, 1.165) is 18.4 Å². The van der Waals surface area contributed by atoms with Crippen molar-refractivity contribution < 1.29 is 4.79 Å². The van der Waals surface area contributed by atoms with Crippen molar-refractivity contribution >= 4 is 11.6 Å². The monoisotopic (exact) mass is 335 g/mol. The second kappa shape index (κ2) is 6.35. The van der Waals surface area contributed by atoms with Crippen molar-refractivity contribution in [2.75, 3.05) is 5.32 Å². The molecule has 0 radical (unpaired) electrons. The number of aromatic nitrogens is 4. The first-order chi connectivity index (χ1) is 12.2. The number of anilines is 1. The van der Waals surface area contributed by atoms with E-state index in [1.54, 1.807) is 35.2 Å². The highest BCUT2D eigenvalue weighted by Gasteiger charge is 2.30. The van der Waals surface area contributed by atoms with E-state index in [1.165, 1.54) is 4.68 Å². The summed E-state index contributed by atoms with van der Waals surface area (Å²) in [7, 11) is 0. The van der Waals surface area contributed by atoms with Crippen molar-refractivity contribution in [2.24, 2.45) is 0 Å². The van der Waals surface area contributed by atoms with E-state index in [1.807, 2.05) is 24.3 Å². The zero-order chi connectivity index (χ0) is 17.2. The molecule has 0 unspecified atom stereocenters. The molecule has 1 fully saturated rings. The van der Waals surface area contributed by atoms with Crippen molar-refractivity contribution in [3.63, 3.8) is 0 Å². The van der Waals surface area contributed by atoms with Gasteiger partial charge in [0.15, 0.2) is 5.82 Å². The van der Waals surface area contributed by atoms with Crippen LogP contribution in [0.3, 0.4) is 0 Å². The van der Waals surface area contributed by atoms with E-state index in [4.69, 9.17) is 0 Å². The largest absolute Gasteiger partial charge is 0.346 e. The molecule has 0 bridgehead atoms. The fourth-order valence-electron chi connectivity index (χ4n) is 2.73. The number of hydrogen-bond donors (Lipinski definition) is 1.